The number of carbonyl (C=O) groups excluding carboxylic acids is 3. The quantitative estimate of drug-likeness (QED) is 0.665. The third-order valence-electron chi connectivity index (χ3n) is 3.72. The molecule has 8 heteroatoms. The standard InChI is InChI=1S/C22H22N2O6/c1-14(2)29-22(27)17-6-8-18(9-7-17)24-20(25)13-28-21(26)15(3)30-19-10-4-16(12-23)5-11-19/h4-11,14-15H,13H2,1-3H3,(H,24,25)/t15-/m0/s1. The maximum atomic E-state index is 12.0. The van der Waals surface area contributed by atoms with E-state index in [1.807, 2.05) is 6.07 Å². The number of hydrogen-bond acceptors (Lipinski definition) is 7. The minimum Gasteiger partial charge on any atom is -0.479 e. The van der Waals surface area contributed by atoms with Gasteiger partial charge in [-0.25, -0.2) is 9.59 Å². The fraction of sp³-hybridized carbons (Fsp3) is 0.273. The highest BCUT2D eigenvalue weighted by molar-refractivity contribution is 5.94. The molecule has 2 aromatic rings. The number of hydrogen-bond donors (Lipinski definition) is 1. The number of rotatable bonds is 8. The van der Waals surface area contributed by atoms with Crippen LogP contribution in [0.2, 0.25) is 0 Å². The van der Waals surface area contributed by atoms with Gasteiger partial charge in [-0.2, -0.15) is 5.26 Å². The summed E-state index contributed by atoms with van der Waals surface area (Å²) in [5.41, 5.74) is 1.28. The van der Waals surface area contributed by atoms with E-state index >= 15 is 0 Å². The van der Waals surface area contributed by atoms with Crippen LogP contribution >= 0.6 is 0 Å². The van der Waals surface area contributed by atoms with E-state index in [0.29, 0.717) is 22.6 Å². The lowest BCUT2D eigenvalue weighted by Gasteiger charge is -2.14. The second kappa shape index (κ2) is 10.6. The van der Waals surface area contributed by atoms with Gasteiger partial charge in [0.05, 0.1) is 23.3 Å². The van der Waals surface area contributed by atoms with Crippen LogP contribution in [0.3, 0.4) is 0 Å². The van der Waals surface area contributed by atoms with Crippen molar-refractivity contribution in [2.45, 2.75) is 33.0 Å². The second-order valence-corrected chi connectivity index (χ2v) is 6.58. The predicted octanol–water partition coefficient (Wildman–Crippen LogP) is 3.07. The molecule has 2 aromatic carbocycles. The summed E-state index contributed by atoms with van der Waals surface area (Å²) >= 11 is 0. The van der Waals surface area contributed by atoms with Gasteiger partial charge in [0, 0.05) is 5.69 Å². The normalized spacial score (nSPS) is 11.2. The van der Waals surface area contributed by atoms with Crippen LogP contribution in [-0.2, 0) is 19.1 Å². The van der Waals surface area contributed by atoms with Crippen molar-refractivity contribution in [2.75, 3.05) is 11.9 Å². The van der Waals surface area contributed by atoms with Gasteiger partial charge < -0.3 is 19.5 Å². The molecule has 0 radical (unpaired) electrons. The molecule has 0 heterocycles. The molecule has 0 bridgehead atoms. The van der Waals surface area contributed by atoms with Crippen LogP contribution in [0.15, 0.2) is 48.5 Å². The Morgan fingerprint density at radius 3 is 2.20 bits per heavy atom. The van der Waals surface area contributed by atoms with E-state index < -0.39 is 30.6 Å². The molecule has 0 aliphatic carbocycles. The van der Waals surface area contributed by atoms with Gasteiger partial charge in [-0.05, 0) is 69.3 Å². The Labute approximate surface area is 174 Å². The molecular weight excluding hydrogens is 388 g/mol. The molecule has 1 amide bonds. The molecule has 1 atom stereocenters. The maximum absolute atomic E-state index is 12.0. The first-order valence-electron chi connectivity index (χ1n) is 9.23. The number of esters is 2. The summed E-state index contributed by atoms with van der Waals surface area (Å²) in [6.45, 7) is 4.51. The van der Waals surface area contributed by atoms with Gasteiger partial charge >= 0.3 is 11.9 Å². The van der Waals surface area contributed by atoms with Crippen LogP contribution in [0.5, 0.6) is 5.75 Å². The number of amides is 1. The zero-order valence-corrected chi connectivity index (χ0v) is 16.9. The van der Waals surface area contributed by atoms with Gasteiger partial charge in [-0.15, -0.1) is 0 Å². The first-order valence-corrected chi connectivity index (χ1v) is 9.23. The second-order valence-electron chi connectivity index (χ2n) is 6.58. The molecule has 156 valence electrons. The Morgan fingerprint density at radius 1 is 1.00 bits per heavy atom. The van der Waals surface area contributed by atoms with Gasteiger partial charge in [-0.1, -0.05) is 0 Å². The summed E-state index contributed by atoms with van der Waals surface area (Å²) in [6.07, 6.45) is -1.16. The minimum atomic E-state index is -0.933. The Balaban J connectivity index is 1.79. The average molecular weight is 410 g/mol. The molecule has 0 spiro atoms. The summed E-state index contributed by atoms with van der Waals surface area (Å²) in [4.78, 5) is 35.8. The summed E-state index contributed by atoms with van der Waals surface area (Å²) in [5, 5.41) is 11.3. The predicted molar refractivity (Wildman–Crippen MR) is 108 cm³/mol. The lowest BCUT2D eigenvalue weighted by Crippen LogP contribution is -2.29. The molecule has 0 saturated carbocycles. The largest absolute Gasteiger partial charge is 0.479 e. The Hall–Kier alpha value is -3.86. The van der Waals surface area contributed by atoms with Crippen LogP contribution in [0.4, 0.5) is 5.69 Å². The molecule has 0 aromatic heterocycles. The van der Waals surface area contributed by atoms with Crippen LogP contribution in [0.1, 0.15) is 36.7 Å². The van der Waals surface area contributed by atoms with E-state index in [0.717, 1.165) is 0 Å². The summed E-state index contributed by atoms with van der Waals surface area (Å²) < 4.78 is 15.5. The molecule has 1 N–H and O–H groups in total. The highest BCUT2D eigenvalue weighted by Gasteiger charge is 2.18. The van der Waals surface area contributed by atoms with Gasteiger partial charge in [-0.3, -0.25) is 4.79 Å². The first-order chi connectivity index (χ1) is 14.3. The van der Waals surface area contributed by atoms with Crippen molar-refractivity contribution in [2.24, 2.45) is 0 Å². The van der Waals surface area contributed by atoms with Crippen molar-refractivity contribution < 1.29 is 28.6 Å². The van der Waals surface area contributed by atoms with Crippen molar-refractivity contribution >= 4 is 23.5 Å². The molecule has 0 aliphatic heterocycles. The smallest absolute Gasteiger partial charge is 0.347 e. The maximum Gasteiger partial charge on any atom is 0.347 e. The fourth-order valence-corrected chi connectivity index (χ4v) is 2.28. The first kappa shape index (κ1) is 22.4. The van der Waals surface area contributed by atoms with Gasteiger partial charge in [0.1, 0.15) is 5.75 Å². The van der Waals surface area contributed by atoms with E-state index in [2.05, 4.69) is 5.32 Å². The lowest BCUT2D eigenvalue weighted by molar-refractivity contribution is -0.153. The van der Waals surface area contributed by atoms with E-state index in [1.54, 1.807) is 50.2 Å². The molecule has 30 heavy (non-hydrogen) atoms. The monoisotopic (exact) mass is 410 g/mol. The number of nitrogens with one attached hydrogen (secondary N) is 1. The van der Waals surface area contributed by atoms with Crippen LogP contribution in [0, 0.1) is 11.3 Å². The highest BCUT2D eigenvalue weighted by Crippen LogP contribution is 2.14. The lowest BCUT2D eigenvalue weighted by atomic mass is 10.2. The Morgan fingerprint density at radius 2 is 1.63 bits per heavy atom. The van der Waals surface area contributed by atoms with Crippen LogP contribution in [0.25, 0.3) is 0 Å². The van der Waals surface area contributed by atoms with Crippen molar-refractivity contribution in [3.63, 3.8) is 0 Å². The van der Waals surface area contributed by atoms with Crippen LogP contribution < -0.4 is 10.1 Å². The van der Waals surface area contributed by atoms with Crippen molar-refractivity contribution in [1.82, 2.24) is 0 Å². The summed E-state index contributed by atoms with van der Waals surface area (Å²) in [6, 6.07) is 14.4. The number of anilines is 1. The Bertz CT molecular complexity index is 930. The zero-order valence-electron chi connectivity index (χ0n) is 16.9. The van der Waals surface area contributed by atoms with E-state index in [9.17, 15) is 14.4 Å². The average Bonchev–Trinajstić information content (AvgIpc) is 2.72. The number of nitrogens with zero attached hydrogens (tertiary/aromatic N) is 1. The Kier molecular flexibility index (Phi) is 7.94. The van der Waals surface area contributed by atoms with Gasteiger partial charge in [0.15, 0.2) is 12.7 Å². The third kappa shape index (κ3) is 6.95. The third-order valence-corrected chi connectivity index (χ3v) is 3.72. The van der Waals surface area contributed by atoms with E-state index in [-0.39, 0.29) is 6.10 Å². The number of benzene rings is 2. The fourth-order valence-electron chi connectivity index (χ4n) is 2.28. The zero-order chi connectivity index (χ0) is 22.1. The molecule has 0 fully saturated rings. The number of ether oxygens (including phenoxy) is 3. The topological polar surface area (TPSA) is 115 Å². The van der Waals surface area contributed by atoms with Crippen molar-refractivity contribution in [3.05, 3.63) is 59.7 Å². The van der Waals surface area contributed by atoms with Crippen molar-refractivity contribution in [1.29, 1.82) is 5.26 Å². The highest BCUT2D eigenvalue weighted by atomic mass is 16.6. The van der Waals surface area contributed by atoms with Gasteiger partial charge in [0.2, 0.25) is 0 Å². The van der Waals surface area contributed by atoms with Crippen LogP contribution in [-0.4, -0.2) is 36.7 Å². The summed E-state index contributed by atoms with van der Waals surface area (Å²) in [7, 11) is 0. The number of nitriles is 1. The molecule has 0 aliphatic rings. The molecule has 0 saturated heterocycles. The summed E-state index contributed by atoms with van der Waals surface area (Å²) in [5.74, 6) is -1.29. The molecule has 8 nitrogen and oxygen atoms in total. The molecular formula is C22H22N2O6. The van der Waals surface area contributed by atoms with Gasteiger partial charge in [0.25, 0.3) is 5.91 Å². The van der Waals surface area contributed by atoms with E-state index in [1.165, 1.54) is 19.1 Å². The minimum absolute atomic E-state index is 0.227. The van der Waals surface area contributed by atoms with E-state index in [4.69, 9.17) is 19.5 Å². The molecule has 0 unspecified atom stereocenters. The molecule has 2 rings (SSSR count). The number of carbonyl (C=O) groups is 3. The SMILES string of the molecule is CC(C)OC(=O)c1ccc(NC(=O)COC(=O)[C@H](C)Oc2ccc(C#N)cc2)cc1. The van der Waals surface area contributed by atoms with Crippen molar-refractivity contribution in [3.8, 4) is 11.8 Å².